The van der Waals surface area contributed by atoms with Gasteiger partial charge in [-0.05, 0) is 49.7 Å². The molecule has 0 amide bonds. The zero-order valence-electron chi connectivity index (χ0n) is 13.3. The lowest BCUT2D eigenvalue weighted by atomic mass is 9.66. The van der Waals surface area contributed by atoms with Crippen molar-refractivity contribution in [1.29, 1.82) is 0 Å². The van der Waals surface area contributed by atoms with Gasteiger partial charge in [-0.25, -0.2) is 0 Å². The zero-order chi connectivity index (χ0) is 15.5. The minimum Gasteiger partial charge on any atom is -0.266 e. The molecular weight excluding hydrogens is 284 g/mol. The molecule has 0 N–H and O–H groups in total. The summed E-state index contributed by atoms with van der Waals surface area (Å²) in [5, 5.41) is 0. The molecule has 0 radical (unpaired) electrons. The second kappa shape index (κ2) is 6.49. The Hall–Kier alpha value is -0.870. The van der Waals surface area contributed by atoms with Crippen LogP contribution in [0.2, 0.25) is 0 Å². The van der Waals surface area contributed by atoms with Crippen molar-refractivity contribution in [2.24, 2.45) is 11.3 Å². The quantitative estimate of drug-likeness (QED) is 0.705. The molecule has 0 atom stereocenters. The second-order valence-corrected chi connectivity index (χ2v) is 8.43. The molecule has 0 unspecified atom stereocenters. The van der Waals surface area contributed by atoms with Crippen LogP contribution in [0.5, 0.6) is 0 Å². The lowest BCUT2D eigenvalue weighted by molar-refractivity contribution is 0.0462. The molecule has 3 nitrogen and oxygen atoms in total. The van der Waals surface area contributed by atoms with Gasteiger partial charge in [0.15, 0.2) is 0 Å². The lowest BCUT2D eigenvalue weighted by Gasteiger charge is -2.41. The van der Waals surface area contributed by atoms with Crippen LogP contribution in [0.15, 0.2) is 29.2 Å². The normalized spacial score (nSPS) is 17.7. The monoisotopic (exact) mass is 310 g/mol. The van der Waals surface area contributed by atoms with Crippen LogP contribution in [-0.2, 0) is 14.3 Å². The van der Waals surface area contributed by atoms with E-state index in [0.717, 1.165) is 31.2 Å². The van der Waals surface area contributed by atoms with Crippen LogP contribution in [0.25, 0.3) is 0 Å². The molecule has 0 spiro atoms. The van der Waals surface area contributed by atoms with Gasteiger partial charge in [-0.1, -0.05) is 44.4 Å². The average molecular weight is 310 g/mol. The maximum Gasteiger partial charge on any atom is 0.296 e. The fourth-order valence-corrected chi connectivity index (χ4v) is 3.72. The van der Waals surface area contributed by atoms with E-state index in [1.807, 2.05) is 6.92 Å². The molecule has 1 aliphatic carbocycles. The fraction of sp³-hybridized carbons (Fsp3) is 0.647. The molecule has 0 saturated heterocycles. The van der Waals surface area contributed by atoms with Crippen molar-refractivity contribution in [2.75, 3.05) is 6.61 Å². The summed E-state index contributed by atoms with van der Waals surface area (Å²) in [4.78, 5) is 0.256. The molecule has 1 fully saturated rings. The summed E-state index contributed by atoms with van der Waals surface area (Å²) in [7, 11) is -3.62. The van der Waals surface area contributed by atoms with Gasteiger partial charge in [0, 0.05) is 0 Å². The Morgan fingerprint density at radius 1 is 1.19 bits per heavy atom. The first-order valence-corrected chi connectivity index (χ1v) is 9.20. The van der Waals surface area contributed by atoms with Crippen molar-refractivity contribution >= 4 is 10.1 Å². The summed E-state index contributed by atoms with van der Waals surface area (Å²) in [5.74, 6) is 0.649. The Balaban J connectivity index is 1.98. The van der Waals surface area contributed by atoms with Crippen LogP contribution < -0.4 is 0 Å². The SMILES string of the molecule is Cc1ccc(S(=O)(=O)OCC2(CCC(C)C)CCC2)cc1. The first-order valence-electron chi connectivity index (χ1n) is 7.79. The first kappa shape index (κ1) is 16.5. The first-order chi connectivity index (χ1) is 9.83. The van der Waals surface area contributed by atoms with E-state index in [1.54, 1.807) is 24.3 Å². The molecule has 1 saturated carbocycles. The maximum absolute atomic E-state index is 12.2. The number of hydrogen-bond acceptors (Lipinski definition) is 3. The smallest absolute Gasteiger partial charge is 0.266 e. The number of hydrogen-bond donors (Lipinski definition) is 0. The molecule has 2 rings (SSSR count). The third kappa shape index (κ3) is 4.30. The third-order valence-corrected chi connectivity index (χ3v) is 5.77. The summed E-state index contributed by atoms with van der Waals surface area (Å²) < 4.78 is 29.9. The van der Waals surface area contributed by atoms with Gasteiger partial charge >= 0.3 is 0 Å². The van der Waals surface area contributed by atoms with Crippen LogP contribution in [0, 0.1) is 18.3 Å². The largest absolute Gasteiger partial charge is 0.296 e. The van der Waals surface area contributed by atoms with Crippen LogP contribution >= 0.6 is 0 Å². The van der Waals surface area contributed by atoms with Crippen LogP contribution in [0.3, 0.4) is 0 Å². The highest BCUT2D eigenvalue weighted by Crippen LogP contribution is 2.46. The van der Waals surface area contributed by atoms with E-state index in [2.05, 4.69) is 13.8 Å². The molecule has 0 bridgehead atoms. The van der Waals surface area contributed by atoms with Crippen molar-refractivity contribution in [2.45, 2.75) is 57.8 Å². The molecule has 0 aromatic heterocycles. The highest BCUT2D eigenvalue weighted by atomic mass is 32.2. The highest BCUT2D eigenvalue weighted by Gasteiger charge is 2.38. The van der Waals surface area contributed by atoms with E-state index in [9.17, 15) is 8.42 Å². The van der Waals surface area contributed by atoms with E-state index in [0.29, 0.717) is 12.5 Å². The Bertz CT molecular complexity index is 554. The maximum atomic E-state index is 12.2. The van der Waals surface area contributed by atoms with Gasteiger partial charge in [-0.3, -0.25) is 4.18 Å². The van der Waals surface area contributed by atoms with E-state index < -0.39 is 10.1 Å². The summed E-state index contributed by atoms with van der Waals surface area (Å²) in [6.07, 6.45) is 5.56. The van der Waals surface area contributed by atoms with Gasteiger partial charge in [0.1, 0.15) is 0 Å². The Morgan fingerprint density at radius 2 is 1.81 bits per heavy atom. The molecule has 1 aromatic rings. The topological polar surface area (TPSA) is 43.4 Å². The van der Waals surface area contributed by atoms with Crippen molar-refractivity contribution in [3.05, 3.63) is 29.8 Å². The molecule has 21 heavy (non-hydrogen) atoms. The van der Waals surface area contributed by atoms with Gasteiger partial charge in [0.05, 0.1) is 11.5 Å². The summed E-state index contributed by atoms with van der Waals surface area (Å²) in [5.41, 5.74) is 1.13. The van der Waals surface area contributed by atoms with E-state index in [-0.39, 0.29) is 10.3 Å². The number of rotatable bonds is 7. The average Bonchev–Trinajstić information content (AvgIpc) is 2.37. The molecule has 1 aromatic carbocycles. The third-order valence-electron chi connectivity index (χ3n) is 4.50. The van der Waals surface area contributed by atoms with Gasteiger partial charge in [-0.2, -0.15) is 8.42 Å². The minimum atomic E-state index is -3.62. The van der Waals surface area contributed by atoms with Crippen LogP contribution in [-0.4, -0.2) is 15.0 Å². The molecule has 1 aliphatic rings. The van der Waals surface area contributed by atoms with Crippen molar-refractivity contribution in [3.63, 3.8) is 0 Å². The van der Waals surface area contributed by atoms with Crippen molar-refractivity contribution in [3.8, 4) is 0 Å². The van der Waals surface area contributed by atoms with Crippen LogP contribution in [0.4, 0.5) is 0 Å². The van der Waals surface area contributed by atoms with E-state index >= 15 is 0 Å². The lowest BCUT2D eigenvalue weighted by Crippen LogP contribution is -2.35. The van der Waals surface area contributed by atoms with Gasteiger partial charge in [-0.15, -0.1) is 0 Å². The predicted molar refractivity (Wildman–Crippen MR) is 84.7 cm³/mol. The standard InChI is InChI=1S/C17H26O3S/c1-14(2)9-12-17(10-4-11-17)13-20-21(18,19)16-7-5-15(3)6-8-16/h5-8,14H,4,9-13H2,1-3H3. The molecular formula is C17H26O3S. The predicted octanol–water partition coefficient (Wildman–Crippen LogP) is 4.31. The summed E-state index contributed by atoms with van der Waals surface area (Å²) >= 11 is 0. The summed E-state index contributed by atoms with van der Waals surface area (Å²) in [6.45, 7) is 6.68. The molecule has 118 valence electrons. The summed E-state index contributed by atoms with van der Waals surface area (Å²) in [6, 6.07) is 6.83. The van der Waals surface area contributed by atoms with Crippen molar-refractivity contribution in [1.82, 2.24) is 0 Å². The van der Waals surface area contributed by atoms with Crippen molar-refractivity contribution < 1.29 is 12.6 Å². The zero-order valence-corrected chi connectivity index (χ0v) is 14.1. The number of aryl methyl sites for hydroxylation is 1. The number of benzene rings is 1. The minimum absolute atomic E-state index is 0.0854. The molecule has 4 heteroatoms. The molecule has 0 heterocycles. The highest BCUT2D eigenvalue weighted by molar-refractivity contribution is 7.86. The second-order valence-electron chi connectivity index (χ2n) is 6.82. The van der Waals surface area contributed by atoms with Gasteiger partial charge in [0.2, 0.25) is 0 Å². The Labute approximate surface area is 128 Å². The van der Waals surface area contributed by atoms with E-state index in [1.165, 1.54) is 6.42 Å². The Kier molecular flexibility index (Phi) is 5.10. The van der Waals surface area contributed by atoms with Gasteiger partial charge < -0.3 is 0 Å². The molecule has 0 aliphatic heterocycles. The fourth-order valence-electron chi connectivity index (χ4n) is 2.71. The van der Waals surface area contributed by atoms with Gasteiger partial charge in [0.25, 0.3) is 10.1 Å². The Morgan fingerprint density at radius 3 is 2.29 bits per heavy atom. The van der Waals surface area contributed by atoms with Crippen LogP contribution in [0.1, 0.15) is 51.5 Å². The van der Waals surface area contributed by atoms with E-state index in [4.69, 9.17) is 4.18 Å².